The molecule has 5 heterocycles. The number of nitrogens with one attached hydrogen (secondary N) is 5. The molecule has 13 N–H and O–H groups in total. The number of amides is 1. The molecular weight excluding hydrogens is 975 g/mol. The predicted octanol–water partition coefficient (Wildman–Crippen LogP) is 0.121. The largest absolute Gasteiger partial charge is 0.486 e. The van der Waals surface area contributed by atoms with Crippen molar-refractivity contribution < 1.29 is 73.6 Å². The topological polar surface area (TPSA) is 325 Å². The van der Waals surface area contributed by atoms with Crippen molar-refractivity contribution in [1.29, 1.82) is 0 Å². The Hall–Kier alpha value is -5.86. The van der Waals surface area contributed by atoms with Crippen molar-refractivity contribution in [3.63, 3.8) is 0 Å². The normalized spacial score (nSPS) is 29.3. The van der Waals surface area contributed by atoms with E-state index >= 15 is 9.59 Å². The Morgan fingerprint density at radius 2 is 1.81 bits per heavy atom. The van der Waals surface area contributed by atoms with Gasteiger partial charge in [0.05, 0.1) is 43.8 Å². The molecule has 75 heavy (non-hydrogen) atoms. The van der Waals surface area contributed by atoms with Crippen LogP contribution in [0, 0.1) is 5.92 Å². The number of carbonyl (C=O) groups is 4. The second-order valence-electron chi connectivity index (χ2n) is 20.2. The van der Waals surface area contributed by atoms with E-state index in [0.717, 1.165) is 5.57 Å². The quantitative estimate of drug-likeness (QED) is 0.0524. The summed E-state index contributed by atoms with van der Waals surface area (Å²) in [7, 11) is 0. The van der Waals surface area contributed by atoms with E-state index in [-0.39, 0.29) is 91.0 Å². The van der Waals surface area contributed by atoms with Crippen LogP contribution in [0.3, 0.4) is 0 Å². The van der Waals surface area contributed by atoms with Gasteiger partial charge in [0, 0.05) is 53.4 Å². The number of aliphatic hydroxyl groups excluding tert-OH is 5. The van der Waals surface area contributed by atoms with Crippen molar-refractivity contribution in [2.24, 2.45) is 11.7 Å². The minimum Gasteiger partial charge on any atom is -0.486 e. The number of aliphatic hydroxyl groups is 5. The molecule has 7 aliphatic rings. The standard InChI is InChI=1S/C53H65N7O15/c54-52-57-49-40(50(69)58-52)56-26-60(49)36-8-2-1-7-32(36)38-29(6-5-17-61)24-73-53(14-3-4-15-53)48-44(68)43(67)47(71-19-13-27-11-16-55-37(21-27)59-70)51(75-48)74-45-35(38)22-34-39(46(45)72-25-30(64)12-18-62)42(66)33-20-28(23-63)9-10-31(33)41(34)65/h1-2,7-11,18,20-22,29-30,38,40,43-44,47-49,51-52,55-57,59,61,63-64,67-68,70H,3-6,12-17,19,23-26,54H2,(H,58,69)/t29-,30-,38+,40-,43-,44-,47+,48-,49+,51+,52-/m1/s1. The maximum absolute atomic E-state index is 15.2. The fourth-order valence-corrected chi connectivity index (χ4v) is 11.9. The van der Waals surface area contributed by atoms with Crippen LogP contribution in [0.15, 0.2) is 72.1 Å². The number of hydroxylamine groups is 1. The van der Waals surface area contributed by atoms with E-state index in [1.165, 1.54) is 12.1 Å². The van der Waals surface area contributed by atoms with Crippen molar-refractivity contribution in [3.8, 4) is 11.5 Å². The van der Waals surface area contributed by atoms with Gasteiger partial charge in [-0.2, -0.15) is 0 Å². The molecule has 3 saturated heterocycles. The van der Waals surface area contributed by atoms with Crippen LogP contribution in [0.2, 0.25) is 0 Å². The second-order valence-corrected chi connectivity index (χ2v) is 20.2. The fraction of sp³-hybridized carbons (Fsp3) is 0.509. The summed E-state index contributed by atoms with van der Waals surface area (Å²) in [6.45, 7) is -0.662. The van der Waals surface area contributed by atoms with Gasteiger partial charge in [0.15, 0.2) is 23.1 Å². The summed E-state index contributed by atoms with van der Waals surface area (Å²) in [4.78, 5) is 57.5. The van der Waals surface area contributed by atoms with E-state index in [4.69, 9.17) is 29.4 Å². The van der Waals surface area contributed by atoms with Crippen molar-refractivity contribution in [3.05, 3.63) is 111 Å². The number of rotatable bonds is 16. The predicted molar refractivity (Wildman–Crippen MR) is 265 cm³/mol. The van der Waals surface area contributed by atoms with Gasteiger partial charge >= 0.3 is 0 Å². The molecule has 0 radical (unpaired) electrons. The van der Waals surface area contributed by atoms with Crippen molar-refractivity contribution in [2.75, 3.05) is 44.5 Å². The lowest BCUT2D eigenvalue weighted by molar-refractivity contribution is -0.317. The van der Waals surface area contributed by atoms with Crippen LogP contribution < -0.4 is 46.9 Å². The first-order valence-corrected chi connectivity index (χ1v) is 25.7. The Morgan fingerprint density at radius 1 is 1.00 bits per heavy atom. The molecule has 0 unspecified atom stereocenters. The van der Waals surface area contributed by atoms with Gasteiger partial charge in [-0.1, -0.05) is 43.2 Å². The lowest BCUT2D eigenvalue weighted by Crippen LogP contribution is -2.70. The van der Waals surface area contributed by atoms with Gasteiger partial charge in [0.2, 0.25) is 12.2 Å². The van der Waals surface area contributed by atoms with Crippen LogP contribution in [0.5, 0.6) is 11.5 Å². The number of dihydropyridines is 1. The SMILES string of the molecule is N[C@H]1NC(=O)[C@@H]2NCN(c3ccccc3[C@H]3c4cc5c(c(OC[C@H](O)CC=O)c4O[C@H]4O[C@H]([C@H](O)[C@@H](O)[C@@H]4OCCC4=CCNC(NO)=C4)C4(CCCC4)OC[C@H]3CCCO)C(=O)c3cc(CO)ccc3C5=O)[C@@H]2N1. The summed E-state index contributed by atoms with van der Waals surface area (Å²) in [5.74, 6) is -3.11. The summed E-state index contributed by atoms with van der Waals surface area (Å²) >= 11 is 0. The number of nitrogens with two attached hydrogens (primary N) is 1. The monoisotopic (exact) mass is 1040 g/mol. The van der Waals surface area contributed by atoms with Gasteiger partial charge in [0.1, 0.15) is 61.6 Å². The molecule has 3 aromatic carbocycles. The molecule has 10 rings (SSSR count). The molecule has 2 aliphatic carbocycles. The zero-order valence-electron chi connectivity index (χ0n) is 41.2. The average Bonchev–Trinajstić information content (AvgIpc) is 4.11. The molecule has 1 amide bonds. The Kier molecular flexibility index (Phi) is 15.7. The van der Waals surface area contributed by atoms with Gasteiger partial charge in [0.25, 0.3) is 0 Å². The highest BCUT2D eigenvalue weighted by molar-refractivity contribution is 6.29. The molecule has 402 valence electrons. The van der Waals surface area contributed by atoms with Crippen LogP contribution in [0.25, 0.3) is 0 Å². The molecule has 5 aliphatic heterocycles. The number of hydrogen-bond acceptors (Lipinski definition) is 21. The first kappa shape index (κ1) is 52.6. The van der Waals surface area contributed by atoms with Gasteiger partial charge in [-0.25, -0.2) is 0 Å². The first-order valence-electron chi connectivity index (χ1n) is 25.7. The third kappa shape index (κ3) is 10.1. The van der Waals surface area contributed by atoms with E-state index in [2.05, 4.69) is 26.7 Å². The molecule has 22 heteroatoms. The number of nitrogens with zero attached hydrogens (tertiary/aromatic N) is 1. The molecule has 11 atom stereocenters. The van der Waals surface area contributed by atoms with E-state index in [9.17, 15) is 40.3 Å². The molecule has 4 fully saturated rings. The fourth-order valence-electron chi connectivity index (χ4n) is 11.9. The smallest absolute Gasteiger partial charge is 0.242 e. The van der Waals surface area contributed by atoms with Gasteiger partial charge in [-0.3, -0.25) is 41.4 Å². The number of fused-ring (bicyclic) bond motifs is 7. The van der Waals surface area contributed by atoms with Crippen molar-refractivity contribution in [2.45, 2.75) is 125 Å². The minimum absolute atomic E-state index is 0.0192. The maximum atomic E-state index is 15.2. The summed E-state index contributed by atoms with van der Waals surface area (Å²) in [6, 6.07) is 12.8. The molecule has 1 spiro atoms. The number of aldehydes is 1. The number of ether oxygens (including phenoxy) is 5. The number of carbonyl (C=O) groups excluding carboxylic acids is 4. The van der Waals surface area contributed by atoms with E-state index in [0.29, 0.717) is 67.6 Å². The zero-order chi connectivity index (χ0) is 52.5. The van der Waals surface area contributed by atoms with E-state index in [1.54, 1.807) is 18.2 Å². The molecule has 2 bridgehead atoms. The number of benzene rings is 3. The maximum Gasteiger partial charge on any atom is 0.242 e. The van der Waals surface area contributed by atoms with Gasteiger partial charge in [-0.05, 0) is 85.1 Å². The van der Waals surface area contributed by atoms with Crippen molar-refractivity contribution >= 4 is 29.4 Å². The number of hydrogen-bond donors (Lipinski definition) is 12. The lowest BCUT2D eigenvalue weighted by atomic mass is 9.74. The minimum atomic E-state index is -1.65. The highest BCUT2D eigenvalue weighted by atomic mass is 16.7. The summed E-state index contributed by atoms with van der Waals surface area (Å²) in [6.07, 6.45) is -3.47. The Balaban J connectivity index is 1.22. The number of anilines is 1. The lowest BCUT2D eigenvalue weighted by Gasteiger charge is -2.48. The summed E-state index contributed by atoms with van der Waals surface area (Å²) in [5.41, 5.74) is 9.65. The molecular formula is C53H65N7O15. The summed E-state index contributed by atoms with van der Waals surface area (Å²) < 4.78 is 34.4. The molecule has 3 aromatic rings. The third-order valence-corrected chi connectivity index (χ3v) is 15.6. The highest BCUT2D eigenvalue weighted by Crippen LogP contribution is 2.53. The number of ketones is 2. The van der Waals surface area contributed by atoms with Gasteiger partial charge < -0.3 is 69.5 Å². The number of para-hydroxylation sites is 1. The van der Waals surface area contributed by atoms with Crippen LogP contribution in [-0.4, -0.2) is 155 Å². The van der Waals surface area contributed by atoms with E-state index in [1.807, 2.05) is 35.2 Å². The van der Waals surface area contributed by atoms with Crippen molar-refractivity contribution in [1.82, 2.24) is 26.7 Å². The van der Waals surface area contributed by atoms with Crippen LogP contribution in [-0.2, 0) is 30.4 Å². The highest BCUT2D eigenvalue weighted by Gasteiger charge is 2.57. The van der Waals surface area contributed by atoms with Gasteiger partial charge in [-0.15, -0.1) is 0 Å². The Morgan fingerprint density at radius 3 is 2.59 bits per heavy atom. The van der Waals surface area contributed by atoms with Crippen LogP contribution in [0.4, 0.5) is 5.69 Å². The molecule has 1 saturated carbocycles. The third-order valence-electron chi connectivity index (χ3n) is 15.6. The summed E-state index contributed by atoms with van der Waals surface area (Å²) in [5, 5.41) is 78.4. The first-order chi connectivity index (χ1) is 36.4. The number of allylic oxidation sites excluding steroid dienone is 1. The van der Waals surface area contributed by atoms with Crippen LogP contribution >= 0.6 is 0 Å². The Bertz CT molecular complexity index is 2720. The molecule has 22 nitrogen and oxygen atoms in total. The second kappa shape index (κ2) is 22.4. The van der Waals surface area contributed by atoms with Crippen LogP contribution in [0.1, 0.15) is 106 Å². The average molecular weight is 1040 g/mol. The molecule has 0 aromatic heterocycles. The van der Waals surface area contributed by atoms with E-state index < -0.39 is 97.5 Å². The zero-order valence-corrected chi connectivity index (χ0v) is 41.2. The Labute approximate surface area is 432 Å².